The molecule has 0 saturated carbocycles. The fraction of sp³-hybridized carbons (Fsp3) is 0.304. The topological polar surface area (TPSA) is 121 Å². The van der Waals surface area contributed by atoms with Crippen LogP contribution in [0.3, 0.4) is 0 Å². The van der Waals surface area contributed by atoms with Gasteiger partial charge in [-0.15, -0.1) is 0 Å². The molecular formula is C23H27IN4O6S. The molecule has 0 fully saturated rings. The zero-order valence-corrected chi connectivity index (χ0v) is 23.0. The van der Waals surface area contributed by atoms with Gasteiger partial charge in [-0.1, -0.05) is 12.1 Å². The second-order valence-corrected chi connectivity index (χ2v) is 11.0. The summed E-state index contributed by atoms with van der Waals surface area (Å²) in [5.41, 5.74) is 2.22. The molecule has 0 aliphatic heterocycles. The molecule has 0 aliphatic carbocycles. The largest absolute Gasteiger partial charge is 0.422 e. The highest BCUT2D eigenvalue weighted by atomic mass is 127. The third-order valence-corrected chi connectivity index (χ3v) is 7.40. The molecule has 188 valence electrons. The molecule has 0 atom stereocenters. The Balaban J connectivity index is 2.09. The number of carbonyl (C=O) groups is 1. The van der Waals surface area contributed by atoms with Crippen LogP contribution >= 0.6 is 22.6 Å². The van der Waals surface area contributed by atoms with Crippen LogP contribution in [-0.4, -0.2) is 59.5 Å². The Kier molecular flexibility index (Phi) is 8.41. The monoisotopic (exact) mass is 614 g/mol. The van der Waals surface area contributed by atoms with Crippen molar-refractivity contribution in [2.24, 2.45) is 0 Å². The van der Waals surface area contributed by atoms with Gasteiger partial charge in [0, 0.05) is 54.7 Å². The van der Waals surface area contributed by atoms with Crippen molar-refractivity contribution < 1.29 is 22.4 Å². The summed E-state index contributed by atoms with van der Waals surface area (Å²) in [6, 6.07) is 10.2. The van der Waals surface area contributed by atoms with E-state index in [1.54, 1.807) is 38.4 Å². The van der Waals surface area contributed by atoms with Gasteiger partial charge in [0.25, 0.3) is 10.2 Å². The summed E-state index contributed by atoms with van der Waals surface area (Å²) in [5, 5.41) is 0.722. The molecule has 1 heterocycles. The lowest BCUT2D eigenvalue weighted by Gasteiger charge is -2.17. The van der Waals surface area contributed by atoms with Crippen LogP contribution in [0.2, 0.25) is 0 Å². The minimum atomic E-state index is -3.69. The Morgan fingerprint density at radius 1 is 1.11 bits per heavy atom. The number of carbonyl (C=O) groups excluding carboxylic acids is 1. The van der Waals surface area contributed by atoms with Gasteiger partial charge in [-0.05, 0) is 66.0 Å². The summed E-state index contributed by atoms with van der Waals surface area (Å²) in [6.07, 6.45) is -0.299. The highest BCUT2D eigenvalue weighted by Gasteiger charge is 2.19. The number of fused-ring (bicyclic) bond motifs is 1. The van der Waals surface area contributed by atoms with Crippen LogP contribution in [0.1, 0.15) is 16.7 Å². The maximum atomic E-state index is 13.1. The number of hydrogen-bond donors (Lipinski definition) is 2. The van der Waals surface area contributed by atoms with E-state index in [1.165, 1.54) is 18.0 Å². The lowest BCUT2D eigenvalue weighted by Crippen LogP contribution is -2.27. The van der Waals surface area contributed by atoms with Crippen LogP contribution < -0.4 is 19.8 Å². The molecule has 0 bridgehead atoms. The van der Waals surface area contributed by atoms with Crippen molar-refractivity contribution >= 4 is 55.6 Å². The van der Waals surface area contributed by atoms with Gasteiger partial charge >= 0.3 is 11.7 Å². The first-order chi connectivity index (χ1) is 16.4. The van der Waals surface area contributed by atoms with E-state index in [0.717, 1.165) is 16.5 Å². The predicted molar refractivity (Wildman–Crippen MR) is 143 cm³/mol. The molecule has 2 aromatic carbocycles. The zero-order valence-electron chi connectivity index (χ0n) is 20.0. The average molecular weight is 614 g/mol. The van der Waals surface area contributed by atoms with E-state index in [1.807, 2.05) is 25.1 Å². The molecule has 1 aromatic heterocycles. The number of nitrogens with one attached hydrogen (secondary N) is 2. The number of anilines is 1. The van der Waals surface area contributed by atoms with E-state index in [2.05, 4.69) is 32.0 Å². The lowest BCUT2D eigenvalue weighted by molar-refractivity contribution is 0.172. The molecular weight excluding hydrogens is 587 g/mol. The van der Waals surface area contributed by atoms with Crippen LogP contribution in [0.25, 0.3) is 11.0 Å². The smallest absolute Gasteiger partial charge is 0.414 e. The van der Waals surface area contributed by atoms with Crippen molar-refractivity contribution in [3.63, 3.8) is 0 Å². The van der Waals surface area contributed by atoms with Gasteiger partial charge in [-0.3, -0.25) is 4.72 Å². The summed E-state index contributed by atoms with van der Waals surface area (Å²) in [5.74, 6) is 0.266. The van der Waals surface area contributed by atoms with Crippen LogP contribution in [0.5, 0.6) is 5.75 Å². The Morgan fingerprint density at radius 3 is 2.46 bits per heavy atom. The number of nitrogens with zero attached hydrogens (tertiary/aromatic N) is 2. The molecule has 0 saturated heterocycles. The van der Waals surface area contributed by atoms with Crippen LogP contribution in [0, 0.1) is 3.57 Å². The van der Waals surface area contributed by atoms with E-state index in [0.29, 0.717) is 26.9 Å². The zero-order chi connectivity index (χ0) is 25.9. The van der Waals surface area contributed by atoms with Crippen LogP contribution in [0.4, 0.5) is 10.5 Å². The molecule has 1 amide bonds. The molecule has 10 nitrogen and oxygen atoms in total. The molecule has 0 aliphatic rings. The minimum absolute atomic E-state index is 0.242. The van der Waals surface area contributed by atoms with Gasteiger partial charge in [-0.25, -0.2) is 14.3 Å². The maximum Gasteiger partial charge on any atom is 0.414 e. The third kappa shape index (κ3) is 6.51. The number of ether oxygens (including phenoxy) is 1. The first kappa shape index (κ1) is 26.9. The molecule has 0 unspecified atom stereocenters. The van der Waals surface area contributed by atoms with Crippen molar-refractivity contribution in [3.05, 3.63) is 67.1 Å². The summed E-state index contributed by atoms with van der Waals surface area (Å²) in [4.78, 5) is 28.3. The van der Waals surface area contributed by atoms with Gasteiger partial charge in [0.2, 0.25) is 0 Å². The predicted octanol–water partition coefficient (Wildman–Crippen LogP) is 2.99. The van der Waals surface area contributed by atoms with Gasteiger partial charge < -0.3 is 19.0 Å². The summed E-state index contributed by atoms with van der Waals surface area (Å²) >= 11 is 2.06. The van der Waals surface area contributed by atoms with E-state index >= 15 is 0 Å². The van der Waals surface area contributed by atoms with Crippen molar-refractivity contribution in [1.29, 1.82) is 0 Å². The maximum absolute atomic E-state index is 13.1. The molecule has 3 rings (SSSR count). The van der Waals surface area contributed by atoms with E-state index in [9.17, 15) is 18.0 Å². The quantitative estimate of drug-likeness (QED) is 0.296. The van der Waals surface area contributed by atoms with Gasteiger partial charge in [0.05, 0.1) is 5.69 Å². The third-order valence-electron chi connectivity index (χ3n) is 5.10. The summed E-state index contributed by atoms with van der Waals surface area (Å²) in [7, 11) is 4.57. The molecule has 3 aromatic rings. The van der Waals surface area contributed by atoms with Crippen molar-refractivity contribution in [2.75, 3.05) is 40.0 Å². The summed E-state index contributed by atoms with van der Waals surface area (Å²) < 4.78 is 40.2. The second kappa shape index (κ2) is 10.9. The standard InChI is InChI=1S/C23H27IN4O6S/c1-25-35(31,32)26-19-8-6-7-14(21(19)24)11-17-18(13-27(2)3)16-10-9-15(33-23(30)28(4)5)12-20(16)34-22(17)29/h6-10,12,25-26H,11,13H2,1-5H3. The highest BCUT2D eigenvalue weighted by Crippen LogP contribution is 2.29. The molecule has 2 N–H and O–H groups in total. The molecule has 35 heavy (non-hydrogen) atoms. The number of halogens is 1. The number of hydrogen-bond acceptors (Lipinski definition) is 7. The Morgan fingerprint density at radius 2 is 1.83 bits per heavy atom. The highest BCUT2D eigenvalue weighted by molar-refractivity contribution is 14.1. The Hall–Kier alpha value is -2.68. The molecule has 0 radical (unpaired) electrons. The summed E-state index contributed by atoms with van der Waals surface area (Å²) in [6.45, 7) is 0.469. The average Bonchev–Trinajstić information content (AvgIpc) is 2.77. The number of benzene rings is 2. The fourth-order valence-electron chi connectivity index (χ4n) is 3.40. The SMILES string of the molecule is CNS(=O)(=O)Nc1cccc(Cc2c(CN(C)C)c3ccc(OC(=O)N(C)C)cc3oc2=O)c1I. The Labute approximate surface area is 217 Å². The first-order valence-electron chi connectivity index (χ1n) is 10.5. The van der Waals surface area contributed by atoms with Crippen LogP contribution in [0.15, 0.2) is 45.6 Å². The van der Waals surface area contributed by atoms with Crippen molar-refractivity contribution in [2.45, 2.75) is 13.0 Å². The minimum Gasteiger partial charge on any atom is -0.422 e. The van der Waals surface area contributed by atoms with Crippen molar-refractivity contribution in [3.8, 4) is 5.75 Å². The molecule has 0 spiro atoms. The van der Waals surface area contributed by atoms with Gasteiger partial charge in [0.1, 0.15) is 11.3 Å². The van der Waals surface area contributed by atoms with E-state index < -0.39 is 21.9 Å². The Bertz CT molecular complexity index is 1420. The fourth-order valence-corrected chi connectivity index (χ4v) is 4.83. The second-order valence-electron chi connectivity index (χ2n) is 8.27. The number of rotatable bonds is 8. The normalized spacial score (nSPS) is 11.6. The lowest BCUT2D eigenvalue weighted by atomic mass is 9.98. The van der Waals surface area contributed by atoms with Gasteiger partial charge in [-0.2, -0.15) is 8.42 Å². The van der Waals surface area contributed by atoms with Crippen LogP contribution in [-0.2, 0) is 23.2 Å². The first-order valence-corrected chi connectivity index (χ1v) is 13.1. The molecule has 12 heteroatoms. The van der Waals surface area contributed by atoms with E-state index in [-0.39, 0.29) is 12.2 Å². The van der Waals surface area contributed by atoms with Gasteiger partial charge in [0.15, 0.2) is 0 Å². The van der Waals surface area contributed by atoms with E-state index in [4.69, 9.17) is 9.15 Å². The number of amides is 1. The van der Waals surface area contributed by atoms with Crippen molar-refractivity contribution in [1.82, 2.24) is 14.5 Å².